The van der Waals surface area contributed by atoms with Crippen molar-refractivity contribution >= 4 is 10.0 Å². The van der Waals surface area contributed by atoms with Gasteiger partial charge in [0.2, 0.25) is 10.0 Å². The molecule has 2 aliphatic rings. The Morgan fingerprint density at radius 2 is 1.52 bits per heavy atom. The number of ether oxygens (including phenoxy) is 2. The number of piperazine rings is 1. The molecule has 2 aliphatic heterocycles. The number of benzene rings is 1. The molecule has 0 amide bonds. The Bertz CT molecular complexity index is 740. The van der Waals surface area contributed by atoms with Crippen LogP contribution in [0.15, 0.2) is 17.0 Å². The van der Waals surface area contributed by atoms with E-state index in [0.717, 1.165) is 69.4 Å². The Kier molecular flexibility index (Phi) is 6.75. The Morgan fingerprint density at radius 1 is 0.926 bits per heavy atom. The monoisotopic (exact) mass is 397 g/mol. The fraction of sp³-hybridized carbons (Fsp3) is 0.684. The van der Waals surface area contributed by atoms with Gasteiger partial charge in [0.15, 0.2) is 0 Å². The van der Waals surface area contributed by atoms with Gasteiger partial charge in [-0.25, -0.2) is 8.42 Å². The third-order valence-corrected chi connectivity index (χ3v) is 7.52. The number of morpholine rings is 1. The molecule has 0 aromatic heterocycles. The van der Waals surface area contributed by atoms with E-state index in [1.165, 1.54) is 0 Å². The van der Waals surface area contributed by atoms with Crippen LogP contribution in [-0.4, -0.2) is 95.2 Å². The highest BCUT2D eigenvalue weighted by Gasteiger charge is 2.30. The summed E-state index contributed by atoms with van der Waals surface area (Å²) in [5, 5.41) is 0. The molecular weight excluding hydrogens is 366 g/mol. The third kappa shape index (κ3) is 4.81. The molecule has 0 saturated carbocycles. The summed E-state index contributed by atoms with van der Waals surface area (Å²) < 4.78 is 38.5. The van der Waals surface area contributed by atoms with Gasteiger partial charge in [-0.1, -0.05) is 0 Å². The predicted octanol–water partition coefficient (Wildman–Crippen LogP) is 0.951. The summed E-state index contributed by atoms with van der Waals surface area (Å²) >= 11 is 0. The Hall–Kier alpha value is -1.19. The smallest absolute Gasteiger partial charge is 0.243 e. The lowest BCUT2D eigenvalue weighted by Crippen LogP contribution is -2.50. The molecule has 0 unspecified atom stereocenters. The van der Waals surface area contributed by atoms with Crippen LogP contribution in [0.4, 0.5) is 0 Å². The normalized spacial score (nSPS) is 20.7. The van der Waals surface area contributed by atoms with Gasteiger partial charge in [0.05, 0.1) is 25.2 Å². The minimum atomic E-state index is -3.47. The zero-order chi connectivity index (χ0) is 19.4. The van der Waals surface area contributed by atoms with Gasteiger partial charge in [0, 0.05) is 52.4 Å². The van der Waals surface area contributed by atoms with Crippen LogP contribution in [0, 0.1) is 13.8 Å². The van der Waals surface area contributed by atoms with Crippen LogP contribution in [0.3, 0.4) is 0 Å². The summed E-state index contributed by atoms with van der Waals surface area (Å²) in [6.07, 6.45) is 0. The lowest BCUT2D eigenvalue weighted by molar-refractivity contribution is 0.0317. The Balaban J connectivity index is 1.59. The lowest BCUT2D eigenvalue weighted by Gasteiger charge is -2.36. The fourth-order valence-electron chi connectivity index (χ4n) is 3.70. The second kappa shape index (κ2) is 8.87. The largest absolute Gasteiger partial charge is 0.496 e. The van der Waals surface area contributed by atoms with E-state index in [0.29, 0.717) is 18.0 Å². The van der Waals surface area contributed by atoms with E-state index < -0.39 is 10.0 Å². The van der Waals surface area contributed by atoms with E-state index in [4.69, 9.17) is 9.47 Å². The first-order valence-electron chi connectivity index (χ1n) is 9.59. The minimum Gasteiger partial charge on any atom is -0.496 e. The zero-order valence-corrected chi connectivity index (χ0v) is 17.4. The van der Waals surface area contributed by atoms with Crippen LogP contribution in [0.25, 0.3) is 0 Å². The summed E-state index contributed by atoms with van der Waals surface area (Å²) in [7, 11) is -1.87. The van der Waals surface area contributed by atoms with Crippen molar-refractivity contribution in [1.82, 2.24) is 14.1 Å². The van der Waals surface area contributed by atoms with E-state index >= 15 is 0 Å². The molecule has 27 heavy (non-hydrogen) atoms. The van der Waals surface area contributed by atoms with Gasteiger partial charge in [-0.3, -0.25) is 9.80 Å². The molecule has 1 aromatic carbocycles. The molecule has 3 rings (SSSR count). The molecule has 0 aliphatic carbocycles. The van der Waals surface area contributed by atoms with Crippen LogP contribution < -0.4 is 4.74 Å². The molecule has 0 N–H and O–H groups in total. The molecule has 2 saturated heterocycles. The minimum absolute atomic E-state index is 0.391. The number of hydrogen-bond donors (Lipinski definition) is 0. The van der Waals surface area contributed by atoms with Crippen LogP contribution in [0.1, 0.15) is 11.1 Å². The molecule has 0 atom stereocenters. The van der Waals surface area contributed by atoms with Gasteiger partial charge in [0.25, 0.3) is 0 Å². The highest BCUT2D eigenvalue weighted by atomic mass is 32.2. The summed E-state index contributed by atoms with van der Waals surface area (Å²) in [5.41, 5.74) is 1.57. The number of aryl methyl sites for hydroxylation is 2. The molecular formula is C19H31N3O4S. The summed E-state index contributed by atoms with van der Waals surface area (Å²) in [6, 6.07) is 3.54. The number of sulfonamides is 1. The summed E-state index contributed by atoms with van der Waals surface area (Å²) in [5.74, 6) is 0.722. The molecule has 2 fully saturated rings. The quantitative estimate of drug-likeness (QED) is 0.712. The molecule has 0 bridgehead atoms. The highest BCUT2D eigenvalue weighted by molar-refractivity contribution is 7.89. The second-order valence-electron chi connectivity index (χ2n) is 7.29. The van der Waals surface area contributed by atoms with Crippen LogP contribution in [0.5, 0.6) is 5.75 Å². The number of methoxy groups -OCH3 is 1. The topological polar surface area (TPSA) is 62.3 Å². The van der Waals surface area contributed by atoms with Crippen molar-refractivity contribution in [3.05, 3.63) is 23.3 Å². The molecule has 152 valence electrons. The number of nitrogens with zero attached hydrogens (tertiary/aromatic N) is 3. The first kappa shape index (κ1) is 20.5. The van der Waals surface area contributed by atoms with E-state index in [9.17, 15) is 8.42 Å². The summed E-state index contributed by atoms with van der Waals surface area (Å²) in [6.45, 7) is 11.9. The van der Waals surface area contributed by atoms with Crippen molar-refractivity contribution in [3.63, 3.8) is 0 Å². The Morgan fingerprint density at radius 3 is 2.11 bits per heavy atom. The fourth-order valence-corrected chi connectivity index (χ4v) is 5.41. The van der Waals surface area contributed by atoms with Gasteiger partial charge in [0.1, 0.15) is 5.75 Å². The number of rotatable bonds is 6. The highest BCUT2D eigenvalue weighted by Crippen LogP contribution is 2.28. The molecule has 7 nitrogen and oxygen atoms in total. The van der Waals surface area contributed by atoms with Gasteiger partial charge in [-0.2, -0.15) is 4.31 Å². The maximum absolute atomic E-state index is 13.1. The van der Waals surface area contributed by atoms with Gasteiger partial charge in [-0.15, -0.1) is 0 Å². The van der Waals surface area contributed by atoms with E-state index in [-0.39, 0.29) is 0 Å². The molecule has 8 heteroatoms. The standard InChI is InChI=1S/C19H31N3O4S/c1-16-15-19(17(2)14-18(16)25-3)27(23,24)22-8-6-20(7-9-22)4-5-21-10-12-26-13-11-21/h14-15H,4-13H2,1-3H3. The third-order valence-electron chi connectivity index (χ3n) is 5.48. The molecule has 0 radical (unpaired) electrons. The first-order valence-corrected chi connectivity index (χ1v) is 11.0. The van der Waals surface area contributed by atoms with Crippen LogP contribution in [0.2, 0.25) is 0 Å². The summed E-state index contributed by atoms with van der Waals surface area (Å²) in [4.78, 5) is 5.16. The van der Waals surface area contributed by atoms with Crippen molar-refractivity contribution in [3.8, 4) is 5.75 Å². The van der Waals surface area contributed by atoms with Crippen molar-refractivity contribution < 1.29 is 17.9 Å². The van der Waals surface area contributed by atoms with Crippen molar-refractivity contribution in [2.24, 2.45) is 0 Å². The first-order chi connectivity index (χ1) is 12.9. The predicted molar refractivity (Wildman–Crippen MR) is 105 cm³/mol. The Labute approximate surface area is 162 Å². The zero-order valence-electron chi connectivity index (χ0n) is 16.6. The van der Waals surface area contributed by atoms with Crippen LogP contribution in [-0.2, 0) is 14.8 Å². The maximum atomic E-state index is 13.1. The number of hydrogen-bond acceptors (Lipinski definition) is 6. The average Bonchev–Trinajstić information content (AvgIpc) is 2.69. The van der Waals surface area contributed by atoms with E-state index in [2.05, 4.69) is 9.80 Å². The second-order valence-corrected chi connectivity index (χ2v) is 9.19. The van der Waals surface area contributed by atoms with Crippen molar-refractivity contribution in [1.29, 1.82) is 0 Å². The van der Waals surface area contributed by atoms with Gasteiger partial charge < -0.3 is 9.47 Å². The van der Waals surface area contributed by atoms with Crippen molar-refractivity contribution in [2.45, 2.75) is 18.7 Å². The molecule has 2 heterocycles. The van der Waals surface area contributed by atoms with Crippen LogP contribution >= 0.6 is 0 Å². The van der Waals surface area contributed by atoms with Crippen molar-refractivity contribution in [2.75, 3.05) is 72.7 Å². The lowest BCUT2D eigenvalue weighted by atomic mass is 10.1. The van der Waals surface area contributed by atoms with Gasteiger partial charge in [-0.05, 0) is 37.1 Å². The van der Waals surface area contributed by atoms with E-state index in [1.807, 2.05) is 13.8 Å². The van der Waals surface area contributed by atoms with Gasteiger partial charge >= 0.3 is 0 Å². The van der Waals surface area contributed by atoms with E-state index in [1.54, 1.807) is 23.5 Å². The average molecular weight is 398 g/mol. The SMILES string of the molecule is COc1cc(C)c(S(=O)(=O)N2CCN(CCN3CCOCC3)CC2)cc1C. The molecule has 1 aromatic rings. The molecule has 0 spiro atoms. The maximum Gasteiger partial charge on any atom is 0.243 e.